The average Bonchev–Trinajstić information content (AvgIpc) is 3.17. The van der Waals surface area contributed by atoms with Gasteiger partial charge in [-0.1, -0.05) is 6.07 Å². The van der Waals surface area contributed by atoms with Crippen LogP contribution in [0, 0.1) is 17.3 Å². The third kappa shape index (κ3) is 2.86. The molecule has 1 N–H and O–H groups in total. The molecule has 6 heteroatoms. The summed E-state index contributed by atoms with van der Waals surface area (Å²) in [6.45, 7) is 2.08. The van der Waals surface area contributed by atoms with Gasteiger partial charge in [-0.25, -0.2) is 9.67 Å². The van der Waals surface area contributed by atoms with Gasteiger partial charge >= 0.3 is 0 Å². The molecule has 0 spiro atoms. The van der Waals surface area contributed by atoms with Crippen LogP contribution in [0.25, 0.3) is 0 Å². The van der Waals surface area contributed by atoms with Crippen molar-refractivity contribution in [1.82, 2.24) is 25.1 Å². The predicted octanol–water partition coefficient (Wildman–Crippen LogP) is 2.72. The number of carbonyl (C=O) groups is 1. The highest BCUT2D eigenvalue weighted by Crippen LogP contribution is 2.64. The molecule has 4 aliphatic rings. The number of rotatable bonds is 5. The van der Waals surface area contributed by atoms with E-state index in [2.05, 4.69) is 32.0 Å². The third-order valence-electron chi connectivity index (χ3n) is 7.04. The van der Waals surface area contributed by atoms with E-state index in [0.29, 0.717) is 11.8 Å². The Morgan fingerprint density at radius 2 is 2.11 bits per heavy atom. The zero-order chi connectivity index (χ0) is 18.5. The van der Waals surface area contributed by atoms with E-state index in [1.54, 1.807) is 6.33 Å². The molecule has 2 heterocycles. The van der Waals surface area contributed by atoms with E-state index in [0.717, 1.165) is 44.2 Å². The van der Waals surface area contributed by atoms with E-state index in [1.807, 2.05) is 30.7 Å². The summed E-state index contributed by atoms with van der Waals surface area (Å²) in [5, 5.41) is 7.80. The molecule has 6 rings (SSSR count). The van der Waals surface area contributed by atoms with E-state index in [9.17, 15) is 4.79 Å². The fraction of sp³-hybridized carbons (Fsp3) is 0.619. The molecule has 0 aromatic carbocycles. The Hall–Kier alpha value is -2.24. The molecule has 4 aliphatic carbocycles. The number of nitrogens with one attached hydrogen (secondary N) is 1. The number of pyridine rings is 1. The molecule has 2 aromatic heterocycles. The van der Waals surface area contributed by atoms with Crippen LogP contribution in [0.4, 0.5) is 0 Å². The van der Waals surface area contributed by atoms with Crippen LogP contribution in [0.15, 0.2) is 37.1 Å². The highest BCUT2D eigenvalue weighted by Gasteiger charge is 2.61. The zero-order valence-electron chi connectivity index (χ0n) is 15.8. The minimum absolute atomic E-state index is 0.0118. The molecule has 2 unspecified atom stereocenters. The molecular weight excluding hydrogens is 338 g/mol. The summed E-state index contributed by atoms with van der Waals surface area (Å²) in [5.74, 6) is 1.50. The van der Waals surface area contributed by atoms with Crippen molar-refractivity contribution in [2.24, 2.45) is 17.3 Å². The third-order valence-corrected chi connectivity index (χ3v) is 7.04. The summed E-state index contributed by atoms with van der Waals surface area (Å²) in [6.07, 6.45) is 12.6. The van der Waals surface area contributed by atoms with Crippen molar-refractivity contribution in [2.45, 2.75) is 63.5 Å². The average molecular weight is 365 g/mol. The Morgan fingerprint density at radius 1 is 1.30 bits per heavy atom. The second-order valence-electron chi connectivity index (χ2n) is 9.21. The topological polar surface area (TPSA) is 72.7 Å². The highest BCUT2D eigenvalue weighted by molar-refractivity contribution is 5.83. The Kier molecular flexibility index (Phi) is 3.85. The highest BCUT2D eigenvalue weighted by atomic mass is 16.2. The molecule has 2 aromatic rings. The molecule has 5 atom stereocenters. The van der Waals surface area contributed by atoms with E-state index < -0.39 is 0 Å². The molecule has 0 saturated heterocycles. The minimum Gasteiger partial charge on any atom is -0.353 e. The van der Waals surface area contributed by atoms with Crippen LogP contribution in [-0.4, -0.2) is 31.7 Å². The lowest BCUT2D eigenvalue weighted by Crippen LogP contribution is -2.61. The van der Waals surface area contributed by atoms with Crippen LogP contribution in [0.3, 0.4) is 0 Å². The summed E-state index contributed by atoms with van der Waals surface area (Å²) in [6, 6.07) is 6.03. The van der Waals surface area contributed by atoms with Gasteiger partial charge in [0.15, 0.2) is 0 Å². The summed E-state index contributed by atoms with van der Waals surface area (Å²) in [4.78, 5) is 22.0. The Bertz CT molecular complexity index is 804. The lowest BCUT2D eigenvalue weighted by Gasteiger charge is -2.61. The lowest BCUT2D eigenvalue weighted by molar-refractivity contribution is -0.156. The van der Waals surface area contributed by atoms with Crippen molar-refractivity contribution < 1.29 is 4.79 Å². The van der Waals surface area contributed by atoms with Crippen LogP contribution in [0.5, 0.6) is 0 Å². The maximum atomic E-state index is 13.4. The lowest BCUT2D eigenvalue weighted by atomic mass is 9.46. The molecule has 4 bridgehead atoms. The molecule has 4 fully saturated rings. The predicted molar refractivity (Wildman–Crippen MR) is 101 cm³/mol. The molecular formula is C21H27N5O. The number of nitrogens with zero attached hydrogens (tertiary/aromatic N) is 4. The smallest absolute Gasteiger partial charge is 0.226 e. The fourth-order valence-corrected chi connectivity index (χ4v) is 6.46. The van der Waals surface area contributed by atoms with Gasteiger partial charge < -0.3 is 5.32 Å². The normalized spacial score (nSPS) is 35.1. The van der Waals surface area contributed by atoms with Crippen molar-refractivity contribution in [2.75, 3.05) is 0 Å². The first-order chi connectivity index (χ1) is 13.1. The summed E-state index contributed by atoms with van der Waals surface area (Å²) >= 11 is 0. The van der Waals surface area contributed by atoms with Gasteiger partial charge in [-0.3, -0.25) is 9.78 Å². The molecule has 0 radical (unpaired) electrons. The Labute approximate surface area is 159 Å². The van der Waals surface area contributed by atoms with Gasteiger partial charge in [-0.05, 0) is 69.4 Å². The molecule has 0 aliphatic heterocycles. The monoisotopic (exact) mass is 365 g/mol. The summed E-state index contributed by atoms with van der Waals surface area (Å²) in [5.41, 5.74) is 0.770. The SMILES string of the molecule is C[C@H](Cc1ccccn1)NC(=O)C12C[C@H]3C[C@@H](C1)CC(n1cncn1)(C3)C2. The minimum atomic E-state index is -0.242. The molecule has 6 nitrogen and oxygen atoms in total. The van der Waals surface area contributed by atoms with Crippen molar-refractivity contribution in [3.8, 4) is 0 Å². The van der Waals surface area contributed by atoms with Crippen molar-refractivity contribution in [1.29, 1.82) is 0 Å². The van der Waals surface area contributed by atoms with Crippen LogP contribution < -0.4 is 5.32 Å². The zero-order valence-corrected chi connectivity index (χ0v) is 15.8. The van der Waals surface area contributed by atoms with Crippen molar-refractivity contribution in [3.63, 3.8) is 0 Å². The van der Waals surface area contributed by atoms with Gasteiger partial charge in [-0.15, -0.1) is 0 Å². The van der Waals surface area contributed by atoms with Gasteiger partial charge in [0.1, 0.15) is 12.7 Å². The number of aromatic nitrogens is 4. The standard InChI is InChI=1S/C21H27N5O/c1-15(6-18-4-2-3-5-23-18)25-19(27)20-8-16-7-17(9-20)11-21(10-16,12-20)26-14-22-13-24-26/h2-5,13-17H,6-12H2,1H3,(H,25,27)/t15-,16-,17+,20?,21?/m1/s1. The van der Waals surface area contributed by atoms with Gasteiger partial charge in [0.25, 0.3) is 0 Å². The largest absolute Gasteiger partial charge is 0.353 e. The maximum absolute atomic E-state index is 13.4. The van der Waals surface area contributed by atoms with Crippen LogP contribution in [-0.2, 0) is 16.8 Å². The second kappa shape index (κ2) is 6.14. The van der Waals surface area contributed by atoms with Crippen LogP contribution >= 0.6 is 0 Å². The molecule has 142 valence electrons. The number of hydrogen-bond donors (Lipinski definition) is 1. The number of amides is 1. The first-order valence-corrected chi connectivity index (χ1v) is 10.1. The number of hydrogen-bond acceptors (Lipinski definition) is 4. The fourth-order valence-electron chi connectivity index (χ4n) is 6.46. The Balaban J connectivity index is 1.35. The second-order valence-corrected chi connectivity index (χ2v) is 9.21. The number of carbonyl (C=O) groups excluding carboxylic acids is 1. The van der Waals surface area contributed by atoms with Gasteiger partial charge in [0.2, 0.25) is 5.91 Å². The van der Waals surface area contributed by atoms with Crippen molar-refractivity contribution in [3.05, 3.63) is 42.7 Å². The molecule has 4 saturated carbocycles. The quantitative estimate of drug-likeness (QED) is 0.884. The maximum Gasteiger partial charge on any atom is 0.226 e. The Morgan fingerprint density at radius 3 is 2.78 bits per heavy atom. The van der Waals surface area contributed by atoms with Gasteiger partial charge in [-0.2, -0.15) is 5.10 Å². The first-order valence-electron chi connectivity index (χ1n) is 10.1. The molecule has 1 amide bonds. The van der Waals surface area contributed by atoms with Crippen LogP contribution in [0.2, 0.25) is 0 Å². The van der Waals surface area contributed by atoms with Crippen LogP contribution in [0.1, 0.15) is 51.1 Å². The first kappa shape index (κ1) is 16.9. The van der Waals surface area contributed by atoms with E-state index in [-0.39, 0.29) is 22.9 Å². The van der Waals surface area contributed by atoms with E-state index in [1.165, 1.54) is 6.42 Å². The van der Waals surface area contributed by atoms with Crippen molar-refractivity contribution >= 4 is 5.91 Å². The van der Waals surface area contributed by atoms with E-state index in [4.69, 9.17) is 0 Å². The molecule has 27 heavy (non-hydrogen) atoms. The van der Waals surface area contributed by atoms with Gasteiger partial charge in [0, 0.05) is 24.4 Å². The van der Waals surface area contributed by atoms with E-state index >= 15 is 0 Å². The summed E-state index contributed by atoms with van der Waals surface area (Å²) < 4.78 is 2.06. The van der Waals surface area contributed by atoms with Gasteiger partial charge in [0.05, 0.1) is 11.0 Å². The summed E-state index contributed by atoms with van der Waals surface area (Å²) in [7, 11) is 0.